The number of carbonyl (C=O) groups excluding carboxylic acids is 3. The Balaban J connectivity index is 4.29. The summed E-state index contributed by atoms with van der Waals surface area (Å²) < 4.78 is 17.0. The number of unbranched alkanes of at least 4 members (excludes halogenated alkanes) is 48. The van der Waals surface area contributed by atoms with Crippen LogP contribution in [-0.4, -0.2) is 37.2 Å². The van der Waals surface area contributed by atoms with E-state index in [1.165, 1.54) is 270 Å². The first-order valence-electron chi connectivity index (χ1n) is 36.1. The van der Waals surface area contributed by atoms with Gasteiger partial charge in [-0.3, -0.25) is 14.4 Å². The van der Waals surface area contributed by atoms with Crippen LogP contribution in [0.4, 0.5) is 0 Å². The third-order valence-corrected chi connectivity index (χ3v) is 16.3. The smallest absolute Gasteiger partial charge is 0.306 e. The Morgan fingerprint density at radius 3 is 0.691 bits per heavy atom. The Hall–Kier alpha value is -2.63. The molecule has 81 heavy (non-hydrogen) atoms. The second-order valence-corrected chi connectivity index (χ2v) is 24.5. The van der Waals surface area contributed by atoms with Crippen molar-refractivity contribution in [3.05, 3.63) is 48.6 Å². The molecule has 0 aromatic carbocycles. The average molecular weight is 1140 g/mol. The van der Waals surface area contributed by atoms with Crippen molar-refractivity contribution >= 4 is 17.9 Å². The first-order chi connectivity index (χ1) is 40.0. The van der Waals surface area contributed by atoms with Crippen LogP contribution >= 0.6 is 0 Å². The molecule has 0 aliphatic heterocycles. The highest BCUT2D eigenvalue weighted by molar-refractivity contribution is 5.71. The predicted molar refractivity (Wildman–Crippen MR) is 353 cm³/mol. The highest BCUT2D eigenvalue weighted by atomic mass is 16.6. The van der Waals surface area contributed by atoms with Crippen LogP contribution in [0.3, 0.4) is 0 Å². The first-order valence-corrected chi connectivity index (χ1v) is 36.1. The highest BCUT2D eigenvalue weighted by Gasteiger charge is 2.19. The fraction of sp³-hybridized carbons (Fsp3) is 0.853. The Morgan fingerprint density at radius 2 is 0.444 bits per heavy atom. The Bertz CT molecular complexity index is 1400. The number of rotatable bonds is 67. The normalized spacial score (nSPS) is 12.3. The molecule has 0 spiro atoms. The van der Waals surface area contributed by atoms with Gasteiger partial charge in [0.1, 0.15) is 13.2 Å². The maximum Gasteiger partial charge on any atom is 0.306 e. The topological polar surface area (TPSA) is 78.9 Å². The molecule has 0 aliphatic carbocycles. The minimum atomic E-state index is -0.782. The van der Waals surface area contributed by atoms with Crippen molar-refractivity contribution in [2.75, 3.05) is 13.2 Å². The summed E-state index contributed by atoms with van der Waals surface area (Å²) in [5.41, 5.74) is 0. The van der Waals surface area contributed by atoms with Gasteiger partial charge in [-0.25, -0.2) is 0 Å². The van der Waals surface area contributed by atoms with E-state index >= 15 is 0 Å². The van der Waals surface area contributed by atoms with Crippen LogP contribution in [0, 0.1) is 0 Å². The molecule has 474 valence electrons. The highest BCUT2D eigenvalue weighted by Crippen LogP contribution is 2.18. The summed E-state index contributed by atoms with van der Waals surface area (Å²) in [7, 11) is 0. The van der Waals surface area contributed by atoms with Crippen LogP contribution in [0.15, 0.2) is 48.6 Å². The van der Waals surface area contributed by atoms with E-state index in [2.05, 4.69) is 69.4 Å². The van der Waals surface area contributed by atoms with E-state index < -0.39 is 6.10 Å². The first kappa shape index (κ1) is 78.4. The number of carbonyl (C=O) groups is 3. The van der Waals surface area contributed by atoms with Gasteiger partial charge in [0.2, 0.25) is 0 Å². The molecule has 0 N–H and O–H groups in total. The molecule has 0 amide bonds. The molecular formula is C75H138O6. The second-order valence-electron chi connectivity index (χ2n) is 24.5. The molecule has 0 rings (SSSR count). The summed E-state index contributed by atoms with van der Waals surface area (Å²) in [6, 6.07) is 0. The summed E-state index contributed by atoms with van der Waals surface area (Å²) in [5.74, 6) is -0.867. The number of allylic oxidation sites excluding steroid dienone is 8. The van der Waals surface area contributed by atoms with Gasteiger partial charge in [-0.2, -0.15) is 0 Å². The van der Waals surface area contributed by atoms with Crippen molar-refractivity contribution in [1.82, 2.24) is 0 Å². The monoisotopic (exact) mass is 1140 g/mol. The van der Waals surface area contributed by atoms with E-state index in [-0.39, 0.29) is 31.1 Å². The zero-order chi connectivity index (χ0) is 58.5. The average Bonchev–Trinajstić information content (AvgIpc) is 3.47. The molecule has 0 aromatic rings. The fourth-order valence-corrected chi connectivity index (χ4v) is 10.9. The van der Waals surface area contributed by atoms with E-state index in [4.69, 9.17) is 14.2 Å². The molecule has 0 fully saturated rings. The molecule has 0 saturated heterocycles. The van der Waals surface area contributed by atoms with Gasteiger partial charge < -0.3 is 14.2 Å². The van der Waals surface area contributed by atoms with Crippen LogP contribution < -0.4 is 0 Å². The van der Waals surface area contributed by atoms with Gasteiger partial charge in [-0.1, -0.05) is 339 Å². The Kier molecular flexibility index (Phi) is 67.6. The van der Waals surface area contributed by atoms with Crippen LogP contribution in [0.1, 0.15) is 393 Å². The molecule has 1 unspecified atom stereocenters. The van der Waals surface area contributed by atoms with Gasteiger partial charge in [0.05, 0.1) is 0 Å². The van der Waals surface area contributed by atoms with Crippen molar-refractivity contribution < 1.29 is 28.6 Å². The zero-order valence-corrected chi connectivity index (χ0v) is 54.6. The van der Waals surface area contributed by atoms with Crippen LogP contribution in [-0.2, 0) is 28.6 Å². The molecule has 0 aromatic heterocycles. The second kappa shape index (κ2) is 69.9. The zero-order valence-electron chi connectivity index (χ0n) is 54.6. The Labute approximate surface area is 505 Å². The molecule has 0 aliphatic rings. The minimum Gasteiger partial charge on any atom is -0.462 e. The standard InChI is InChI=1S/C75H138O6/c1-4-7-10-13-16-19-22-25-28-31-33-35-36-37-38-39-41-42-44-47-50-53-56-59-62-65-68-74(77)80-71-72(70-79-73(76)67-64-61-58-55-52-49-46-30-27-24-21-18-15-12-9-6-3)81-75(78)69-66-63-60-57-54-51-48-45-43-40-34-32-29-26-23-20-17-14-11-8-5-2/h21,23-24,26,30,32,34,46,72H,4-20,22,25,27-29,31,33,35-45,47-71H2,1-3H3/b24-21-,26-23-,34-32-,46-30-. The lowest BCUT2D eigenvalue weighted by molar-refractivity contribution is -0.167. The van der Waals surface area contributed by atoms with Crippen molar-refractivity contribution in [3.63, 3.8) is 0 Å². The molecule has 0 heterocycles. The van der Waals surface area contributed by atoms with Crippen molar-refractivity contribution in [3.8, 4) is 0 Å². The molecule has 6 heteroatoms. The Morgan fingerprint density at radius 1 is 0.247 bits per heavy atom. The minimum absolute atomic E-state index is 0.0753. The largest absolute Gasteiger partial charge is 0.462 e. The van der Waals surface area contributed by atoms with E-state index in [1.807, 2.05) is 0 Å². The van der Waals surface area contributed by atoms with Gasteiger partial charge in [0, 0.05) is 19.3 Å². The van der Waals surface area contributed by atoms with E-state index in [0.29, 0.717) is 19.3 Å². The summed E-state index contributed by atoms with van der Waals surface area (Å²) in [4.78, 5) is 38.5. The van der Waals surface area contributed by atoms with Gasteiger partial charge in [0.15, 0.2) is 6.10 Å². The van der Waals surface area contributed by atoms with Crippen LogP contribution in [0.2, 0.25) is 0 Å². The van der Waals surface area contributed by atoms with Crippen LogP contribution in [0.5, 0.6) is 0 Å². The molecule has 6 nitrogen and oxygen atoms in total. The number of ether oxygens (including phenoxy) is 3. The molecule has 0 bridgehead atoms. The van der Waals surface area contributed by atoms with Crippen LogP contribution in [0.25, 0.3) is 0 Å². The maximum atomic E-state index is 13.0. The summed E-state index contributed by atoms with van der Waals surface area (Å²) >= 11 is 0. The number of hydrogen-bond donors (Lipinski definition) is 0. The fourth-order valence-electron chi connectivity index (χ4n) is 10.9. The van der Waals surface area contributed by atoms with Gasteiger partial charge >= 0.3 is 17.9 Å². The van der Waals surface area contributed by atoms with Gasteiger partial charge in [-0.15, -0.1) is 0 Å². The maximum absolute atomic E-state index is 13.0. The quantitative estimate of drug-likeness (QED) is 0.0261. The third-order valence-electron chi connectivity index (χ3n) is 16.3. The molecule has 0 radical (unpaired) electrons. The van der Waals surface area contributed by atoms with Gasteiger partial charge in [-0.05, 0) is 83.5 Å². The van der Waals surface area contributed by atoms with E-state index in [1.54, 1.807) is 0 Å². The number of esters is 3. The van der Waals surface area contributed by atoms with E-state index in [0.717, 1.165) is 83.5 Å². The lowest BCUT2D eigenvalue weighted by atomic mass is 10.0. The summed E-state index contributed by atoms with van der Waals surface area (Å²) in [5, 5.41) is 0. The summed E-state index contributed by atoms with van der Waals surface area (Å²) in [6.07, 6.45) is 88.6. The lowest BCUT2D eigenvalue weighted by Crippen LogP contribution is -2.30. The van der Waals surface area contributed by atoms with Crippen molar-refractivity contribution in [2.45, 2.75) is 399 Å². The molecule has 1 atom stereocenters. The number of hydrogen-bond acceptors (Lipinski definition) is 6. The lowest BCUT2D eigenvalue weighted by Gasteiger charge is -2.18. The van der Waals surface area contributed by atoms with E-state index in [9.17, 15) is 14.4 Å². The third kappa shape index (κ3) is 68.0. The van der Waals surface area contributed by atoms with Crippen molar-refractivity contribution in [2.24, 2.45) is 0 Å². The summed E-state index contributed by atoms with van der Waals surface area (Å²) in [6.45, 7) is 6.67. The van der Waals surface area contributed by atoms with Gasteiger partial charge in [0.25, 0.3) is 0 Å². The molecule has 0 saturated carbocycles. The van der Waals surface area contributed by atoms with Crippen molar-refractivity contribution in [1.29, 1.82) is 0 Å². The molecular weight excluding hydrogens is 997 g/mol. The predicted octanol–water partition coefficient (Wildman–Crippen LogP) is 24.9. The SMILES string of the molecule is CCCCCC/C=C\C/C=C\CCCCCCCC(=O)OCC(COC(=O)CCCCCCCCCCCCCCCCCCCCCCCCCCCC)OC(=O)CCCCCCCCCCC/C=C\C/C=C\CCCCCCC.